The summed E-state index contributed by atoms with van der Waals surface area (Å²) in [6, 6.07) is 21.1. The third-order valence-electron chi connectivity index (χ3n) is 5.37. The highest BCUT2D eigenvalue weighted by Gasteiger charge is 2.09. The Balaban J connectivity index is 1.49. The van der Waals surface area contributed by atoms with Crippen molar-refractivity contribution in [2.45, 2.75) is 40.2 Å². The summed E-state index contributed by atoms with van der Waals surface area (Å²) in [7, 11) is 0. The highest BCUT2D eigenvalue weighted by molar-refractivity contribution is 5.94. The first-order chi connectivity index (χ1) is 17.0. The largest absolute Gasteiger partial charge is 0.490 e. The molecule has 3 aromatic carbocycles. The lowest BCUT2D eigenvalue weighted by Crippen LogP contribution is -2.21. The van der Waals surface area contributed by atoms with Crippen molar-refractivity contribution in [2.75, 3.05) is 11.9 Å². The maximum atomic E-state index is 12.2. The zero-order valence-corrected chi connectivity index (χ0v) is 20.3. The summed E-state index contributed by atoms with van der Waals surface area (Å²) < 4.78 is 11.6. The van der Waals surface area contributed by atoms with Gasteiger partial charge in [0.25, 0.3) is 0 Å². The van der Waals surface area contributed by atoms with Gasteiger partial charge in [-0.05, 0) is 67.3 Å². The van der Waals surface area contributed by atoms with Crippen LogP contribution >= 0.6 is 0 Å². The second-order valence-corrected chi connectivity index (χ2v) is 8.00. The van der Waals surface area contributed by atoms with Crippen molar-refractivity contribution in [1.29, 1.82) is 0 Å². The Morgan fingerprint density at radius 2 is 1.66 bits per heavy atom. The fourth-order valence-corrected chi connectivity index (χ4v) is 3.29. The van der Waals surface area contributed by atoms with E-state index >= 15 is 0 Å². The number of nitrogens with zero attached hydrogens (tertiary/aromatic N) is 1. The van der Waals surface area contributed by atoms with Gasteiger partial charge in [-0.3, -0.25) is 9.59 Å². The molecule has 2 amide bonds. The fraction of sp³-hybridized carbons (Fsp3) is 0.250. The summed E-state index contributed by atoms with van der Waals surface area (Å²) in [5.74, 6) is 0.670. The number of anilines is 1. The SMILES string of the molecule is CCOc1cc(C=NNC(=O)CCC(=O)Nc2cccc(C)c2C)ccc1OCc1ccccc1. The van der Waals surface area contributed by atoms with Crippen molar-refractivity contribution in [3.8, 4) is 11.5 Å². The molecule has 0 aliphatic carbocycles. The summed E-state index contributed by atoms with van der Waals surface area (Å²) in [6.45, 7) is 6.76. The number of nitrogens with one attached hydrogen (secondary N) is 2. The third-order valence-corrected chi connectivity index (χ3v) is 5.37. The minimum Gasteiger partial charge on any atom is -0.490 e. The van der Waals surface area contributed by atoms with Gasteiger partial charge in [0.05, 0.1) is 12.8 Å². The molecule has 0 heterocycles. The van der Waals surface area contributed by atoms with Gasteiger partial charge in [0, 0.05) is 18.5 Å². The summed E-state index contributed by atoms with van der Waals surface area (Å²) in [4.78, 5) is 24.3. The van der Waals surface area contributed by atoms with Crippen molar-refractivity contribution in [3.63, 3.8) is 0 Å². The molecule has 3 aromatic rings. The predicted octanol–water partition coefficient (Wildman–Crippen LogP) is 5.15. The Morgan fingerprint density at radius 1 is 0.886 bits per heavy atom. The van der Waals surface area contributed by atoms with E-state index in [1.165, 1.54) is 6.21 Å². The van der Waals surface area contributed by atoms with Gasteiger partial charge in [-0.25, -0.2) is 5.43 Å². The number of hydrogen-bond donors (Lipinski definition) is 2. The van der Waals surface area contributed by atoms with Gasteiger partial charge in [-0.2, -0.15) is 5.10 Å². The Kier molecular flexibility index (Phi) is 9.42. The molecule has 2 N–H and O–H groups in total. The number of ether oxygens (including phenoxy) is 2. The second-order valence-electron chi connectivity index (χ2n) is 8.00. The quantitative estimate of drug-likeness (QED) is 0.298. The van der Waals surface area contributed by atoms with E-state index in [1.807, 2.05) is 81.4 Å². The molecule has 0 saturated carbocycles. The Hall–Kier alpha value is -4.13. The Morgan fingerprint density at radius 3 is 2.43 bits per heavy atom. The van der Waals surface area contributed by atoms with E-state index < -0.39 is 0 Å². The van der Waals surface area contributed by atoms with E-state index in [2.05, 4.69) is 15.8 Å². The van der Waals surface area contributed by atoms with Crippen LogP contribution < -0.4 is 20.2 Å². The van der Waals surface area contributed by atoms with Crippen LogP contribution in [0.5, 0.6) is 11.5 Å². The summed E-state index contributed by atoms with van der Waals surface area (Å²) in [6.07, 6.45) is 1.62. The van der Waals surface area contributed by atoms with Gasteiger partial charge in [0.1, 0.15) is 6.61 Å². The first kappa shape index (κ1) is 25.5. The van der Waals surface area contributed by atoms with Crippen molar-refractivity contribution >= 4 is 23.7 Å². The lowest BCUT2D eigenvalue weighted by atomic mass is 10.1. The molecule has 0 fully saturated rings. The van der Waals surface area contributed by atoms with E-state index in [0.717, 1.165) is 27.9 Å². The van der Waals surface area contributed by atoms with Crippen LogP contribution in [0.1, 0.15) is 42.0 Å². The molecule has 0 aromatic heterocycles. The van der Waals surface area contributed by atoms with Crippen molar-refractivity contribution in [2.24, 2.45) is 5.10 Å². The first-order valence-corrected chi connectivity index (χ1v) is 11.6. The minimum atomic E-state index is -0.342. The number of carbonyl (C=O) groups is 2. The van der Waals surface area contributed by atoms with Gasteiger partial charge in [0.15, 0.2) is 11.5 Å². The molecular weight excluding hydrogens is 442 g/mol. The maximum absolute atomic E-state index is 12.2. The van der Waals surface area contributed by atoms with E-state index in [4.69, 9.17) is 9.47 Å². The zero-order chi connectivity index (χ0) is 25.0. The normalized spacial score (nSPS) is 10.7. The first-order valence-electron chi connectivity index (χ1n) is 11.6. The van der Waals surface area contributed by atoms with Crippen LogP contribution in [0.25, 0.3) is 0 Å². The highest BCUT2D eigenvalue weighted by Crippen LogP contribution is 2.29. The molecule has 0 atom stereocenters. The van der Waals surface area contributed by atoms with Gasteiger partial charge >= 0.3 is 0 Å². The number of hydrazone groups is 1. The molecule has 3 rings (SSSR count). The van der Waals surface area contributed by atoms with Crippen LogP contribution in [-0.2, 0) is 16.2 Å². The average Bonchev–Trinajstić information content (AvgIpc) is 2.86. The molecule has 0 aliphatic heterocycles. The monoisotopic (exact) mass is 473 g/mol. The molecule has 0 spiro atoms. The number of benzene rings is 3. The van der Waals surface area contributed by atoms with E-state index in [1.54, 1.807) is 6.07 Å². The molecule has 7 nitrogen and oxygen atoms in total. The summed E-state index contributed by atoms with van der Waals surface area (Å²) >= 11 is 0. The molecule has 0 bridgehead atoms. The Labute approximate surface area is 206 Å². The fourth-order valence-electron chi connectivity index (χ4n) is 3.29. The minimum absolute atomic E-state index is 0.0322. The third kappa shape index (κ3) is 7.99. The Bertz CT molecular complexity index is 1180. The number of hydrogen-bond acceptors (Lipinski definition) is 5. The van der Waals surface area contributed by atoms with E-state index in [9.17, 15) is 9.59 Å². The second kappa shape index (κ2) is 12.9. The van der Waals surface area contributed by atoms with Crippen molar-refractivity contribution in [1.82, 2.24) is 5.43 Å². The molecule has 7 heteroatoms. The molecule has 0 unspecified atom stereocenters. The molecule has 0 radical (unpaired) electrons. The lowest BCUT2D eigenvalue weighted by Gasteiger charge is -2.12. The average molecular weight is 474 g/mol. The van der Waals surface area contributed by atoms with Crippen molar-refractivity contribution in [3.05, 3.63) is 89.0 Å². The maximum Gasteiger partial charge on any atom is 0.240 e. The van der Waals surface area contributed by atoms with Crippen LogP contribution in [-0.4, -0.2) is 24.6 Å². The van der Waals surface area contributed by atoms with Crippen LogP contribution in [0.15, 0.2) is 71.8 Å². The molecule has 182 valence electrons. The van der Waals surface area contributed by atoms with Crippen LogP contribution in [0.2, 0.25) is 0 Å². The van der Waals surface area contributed by atoms with Crippen LogP contribution in [0, 0.1) is 13.8 Å². The van der Waals surface area contributed by atoms with Crippen LogP contribution in [0.3, 0.4) is 0 Å². The molecule has 0 saturated heterocycles. The number of carbonyl (C=O) groups excluding carboxylic acids is 2. The molecular formula is C28H31N3O4. The van der Waals surface area contributed by atoms with E-state index in [0.29, 0.717) is 24.7 Å². The highest BCUT2D eigenvalue weighted by atomic mass is 16.5. The topological polar surface area (TPSA) is 89.0 Å². The number of amides is 2. The number of aryl methyl sites for hydroxylation is 1. The number of rotatable bonds is 11. The van der Waals surface area contributed by atoms with Crippen LogP contribution in [0.4, 0.5) is 5.69 Å². The van der Waals surface area contributed by atoms with Gasteiger partial charge in [-0.15, -0.1) is 0 Å². The molecule has 0 aliphatic rings. The molecule has 35 heavy (non-hydrogen) atoms. The van der Waals surface area contributed by atoms with E-state index in [-0.39, 0.29) is 24.7 Å². The van der Waals surface area contributed by atoms with Crippen molar-refractivity contribution < 1.29 is 19.1 Å². The van der Waals surface area contributed by atoms with Gasteiger partial charge < -0.3 is 14.8 Å². The summed E-state index contributed by atoms with van der Waals surface area (Å²) in [5.41, 5.74) is 7.13. The smallest absolute Gasteiger partial charge is 0.240 e. The summed E-state index contributed by atoms with van der Waals surface area (Å²) in [5, 5.41) is 6.85. The predicted molar refractivity (Wildman–Crippen MR) is 138 cm³/mol. The lowest BCUT2D eigenvalue weighted by molar-refractivity contribution is -0.124. The van der Waals surface area contributed by atoms with Gasteiger partial charge in [0.2, 0.25) is 11.8 Å². The standard InChI is InChI=1S/C28H31N3O4/c1-4-34-26-17-23(13-14-25(26)35-19-22-10-6-5-7-11-22)18-29-31-28(33)16-15-27(32)30-24-12-8-9-20(2)21(24)3/h5-14,17-18H,4,15-16,19H2,1-3H3,(H,30,32)(H,31,33). The van der Waals surface area contributed by atoms with Gasteiger partial charge in [-0.1, -0.05) is 42.5 Å². The zero-order valence-electron chi connectivity index (χ0n) is 20.3.